The van der Waals surface area contributed by atoms with Crippen LogP contribution in [0.1, 0.15) is 28.8 Å². The van der Waals surface area contributed by atoms with Crippen LogP contribution in [0, 0.1) is 12.8 Å². The standard InChI is InChI=1S/C15H22N2O/c1-12-3-5-14(6-4-12)15(18)17(2)11-13-7-9-16-10-8-13/h3-6,13,16H,7-11H2,1-2H3. The van der Waals surface area contributed by atoms with E-state index in [0.29, 0.717) is 5.92 Å². The molecule has 1 aromatic rings. The molecular weight excluding hydrogens is 224 g/mol. The summed E-state index contributed by atoms with van der Waals surface area (Å²) in [6, 6.07) is 7.81. The average molecular weight is 246 g/mol. The Morgan fingerprint density at radius 1 is 1.28 bits per heavy atom. The minimum Gasteiger partial charge on any atom is -0.341 e. The highest BCUT2D eigenvalue weighted by atomic mass is 16.2. The molecule has 0 atom stereocenters. The molecule has 1 amide bonds. The van der Waals surface area contributed by atoms with E-state index < -0.39 is 0 Å². The van der Waals surface area contributed by atoms with E-state index in [1.165, 1.54) is 18.4 Å². The summed E-state index contributed by atoms with van der Waals surface area (Å²) in [6.45, 7) is 5.07. The SMILES string of the molecule is Cc1ccc(C(=O)N(C)CC2CCNCC2)cc1. The van der Waals surface area contributed by atoms with Gasteiger partial charge in [0.1, 0.15) is 0 Å². The van der Waals surface area contributed by atoms with Crippen molar-refractivity contribution in [3.63, 3.8) is 0 Å². The van der Waals surface area contributed by atoms with Crippen molar-refractivity contribution in [2.24, 2.45) is 5.92 Å². The van der Waals surface area contributed by atoms with Gasteiger partial charge in [-0.15, -0.1) is 0 Å². The molecule has 0 aliphatic carbocycles. The number of benzene rings is 1. The smallest absolute Gasteiger partial charge is 0.253 e. The van der Waals surface area contributed by atoms with Crippen molar-refractivity contribution in [1.29, 1.82) is 0 Å². The first-order valence-corrected chi connectivity index (χ1v) is 6.69. The molecule has 0 unspecified atom stereocenters. The summed E-state index contributed by atoms with van der Waals surface area (Å²) in [5.41, 5.74) is 1.98. The molecule has 98 valence electrons. The van der Waals surface area contributed by atoms with Crippen LogP contribution < -0.4 is 5.32 Å². The average Bonchev–Trinajstić information content (AvgIpc) is 2.40. The van der Waals surface area contributed by atoms with Crippen molar-refractivity contribution in [3.05, 3.63) is 35.4 Å². The summed E-state index contributed by atoms with van der Waals surface area (Å²) >= 11 is 0. The fraction of sp³-hybridized carbons (Fsp3) is 0.533. The van der Waals surface area contributed by atoms with Crippen molar-refractivity contribution in [1.82, 2.24) is 10.2 Å². The molecule has 1 aliphatic heterocycles. The van der Waals surface area contributed by atoms with Crippen LogP contribution in [-0.4, -0.2) is 37.5 Å². The molecule has 0 aromatic heterocycles. The number of carbonyl (C=O) groups is 1. The predicted molar refractivity (Wildman–Crippen MR) is 73.7 cm³/mol. The van der Waals surface area contributed by atoms with E-state index in [-0.39, 0.29) is 5.91 Å². The van der Waals surface area contributed by atoms with E-state index in [1.807, 2.05) is 43.1 Å². The van der Waals surface area contributed by atoms with E-state index in [9.17, 15) is 4.79 Å². The summed E-state index contributed by atoms with van der Waals surface area (Å²) < 4.78 is 0. The molecule has 2 rings (SSSR count). The van der Waals surface area contributed by atoms with Gasteiger partial charge in [0.15, 0.2) is 0 Å². The van der Waals surface area contributed by atoms with Crippen LogP contribution in [0.3, 0.4) is 0 Å². The maximum atomic E-state index is 12.2. The Morgan fingerprint density at radius 3 is 2.50 bits per heavy atom. The van der Waals surface area contributed by atoms with Crippen molar-refractivity contribution >= 4 is 5.91 Å². The first-order valence-electron chi connectivity index (χ1n) is 6.69. The van der Waals surface area contributed by atoms with Gasteiger partial charge in [0.05, 0.1) is 0 Å². The van der Waals surface area contributed by atoms with E-state index in [1.54, 1.807) is 0 Å². The van der Waals surface area contributed by atoms with Crippen LogP contribution in [-0.2, 0) is 0 Å². The largest absolute Gasteiger partial charge is 0.341 e. The third-order valence-corrected chi connectivity index (χ3v) is 3.64. The highest BCUT2D eigenvalue weighted by molar-refractivity contribution is 5.94. The summed E-state index contributed by atoms with van der Waals surface area (Å²) in [7, 11) is 1.91. The van der Waals surface area contributed by atoms with Crippen LogP contribution in [0.15, 0.2) is 24.3 Å². The number of amides is 1. The van der Waals surface area contributed by atoms with Crippen molar-refractivity contribution in [2.75, 3.05) is 26.7 Å². The molecule has 18 heavy (non-hydrogen) atoms. The van der Waals surface area contributed by atoms with Crippen LogP contribution in [0.2, 0.25) is 0 Å². The minimum atomic E-state index is 0.133. The molecule has 0 bridgehead atoms. The number of nitrogens with one attached hydrogen (secondary N) is 1. The number of aryl methyl sites for hydroxylation is 1. The van der Waals surface area contributed by atoms with Gasteiger partial charge >= 0.3 is 0 Å². The first-order chi connectivity index (χ1) is 8.66. The molecule has 3 nitrogen and oxygen atoms in total. The molecule has 0 saturated carbocycles. The molecule has 3 heteroatoms. The van der Waals surface area contributed by atoms with Gasteiger partial charge < -0.3 is 10.2 Å². The molecule has 1 heterocycles. The Bertz CT molecular complexity index is 393. The fourth-order valence-electron chi connectivity index (χ4n) is 2.45. The molecule has 0 spiro atoms. The number of carbonyl (C=O) groups excluding carboxylic acids is 1. The highest BCUT2D eigenvalue weighted by Crippen LogP contribution is 2.14. The van der Waals surface area contributed by atoms with Crippen LogP contribution in [0.5, 0.6) is 0 Å². The molecule has 1 fully saturated rings. The Kier molecular flexibility index (Phi) is 4.37. The molecule has 0 radical (unpaired) electrons. The van der Waals surface area contributed by atoms with E-state index >= 15 is 0 Å². The van der Waals surface area contributed by atoms with Gasteiger partial charge in [-0.25, -0.2) is 0 Å². The van der Waals surface area contributed by atoms with Crippen molar-refractivity contribution in [3.8, 4) is 0 Å². The topological polar surface area (TPSA) is 32.3 Å². The van der Waals surface area contributed by atoms with Crippen LogP contribution >= 0.6 is 0 Å². The lowest BCUT2D eigenvalue weighted by atomic mass is 9.97. The Hall–Kier alpha value is -1.35. The lowest BCUT2D eigenvalue weighted by Crippen LogP contribution is -2.37. The second-order valence-electron chi connectivity index (χ2n) is 5.25. The van der Waals surface area contributed by atoms with Crippen LogP contribution in [0.25, 0.3) is 0 Å². The molecule has 1 aliphatic rings. The predicted octanol–water partition coefficient (Wildman–Crippen LogP) is 2.07. The van der Waals surface area contributed by atoms with Crippen molar-refractivity contribution in [2.45, 2.75) is 19.8 Å². The Balaban J connectivity index is 1.93. The maximum Gasteiger partial charge on any atom is 0.253 e. The number of hydrogen-bond donors (Lipinski definition) is 1. The zero-order valence-corrected chi connectivity index (χ0v) is 11.3. The summed E-state index contributed by atoms with van der Waals surface area (Å²) in [5, 5.41) is 3.35. The van der Waals surface area contributed by atoms with Crippen LogP contribution in [0.4, 0.5) is 0 Å². The summed E-state index contributed by atoms with van der Waals surface area (Å²) in [4.78, 5) is 14.1. The zero-order valence-electron chi connectivity index (χ0n) is 11.3. The van der Waals surface area contributed by atoms with Gasteiger partial charge in [0.2, 0.25) is 0 Å². The van der Waals surface area contributed by atoms with Gasteiger partial charge in [-0.3, -0.25) is 4.79 Å². The second kappa shape index (κ2) is 6.01. The number of hydrogen-bond acceptors (Lipinski definition) is 2. The molecule has 1 N–H and O–H groups in total. The van der Waals surface area contributed by atoms with Gasteiger partial charge in [-0.1, -0.05) is 17.7 Å². The zero-order chi connectivity index (χ0) is 13.0. The fourth-order valence-corrected chi connectivity index (χ4v) is 2.45. The molecular formula is C15H22N2O. The highest BCUT2D eigenvalue weighted by Gasteiger charge is 2.18. The monoisotopic (exact) mass is 246 g/mol. The molecule has 1 aromatic carbocycles. The van der Waals surface area contributed by atoms with E-state index in [0.717, 1.165) is 25.2 Å². The Morgan fingerprint density at radius 2 is 1.89 bits per heavy atom. The van der Waals surface area contributed by atoms with Gasteiger partial charge in [0, 0.05) is 19.2 Å². The third kappa shape index (κ3) is 3.33. The van der Waals surface area contributed by atoms with E-state index in [2.05, 4.69) is 5.32 Å². The first kappa shape index (κ1) is 13.1. The maximum absolute atomic E-state index is 12.2. The molecule has 1 saturated heterocycles. The number of nitrogens with zero attached hydrogens (tertiary/aromatic N) is 1. The third-order valence-electron chi connectivity index (χ3n) is 3.64. The Labute approximate surface area is 109 Å². The van der Waals surface area contributed by atoms with Gasteiger partial charge in [0.25, 0.3) is 5.91 Å². The quantitative estimate of drug-likeness (QED) is 0.885. The summed E-state index contributed by atoms with van der Waals surface area (Å²) in [6.07, 6.45) is 2.34. The number of rotatable bonds is 3. The van der Waals surface area contributed by atoms with E-state index in [4.69, 9.17) is 0 Å². The lowest BCUT2D eigenvalue weighted by Gasteiger charge is -2.27. The van der Waals surface area contributed by atoms with Gasteiger partial charge in [-0.2, -0.15) is 0 Å². The minimum absolute atomic E-state index is 0.133. The summed E-state index contributed by atoms with van der Waals surface area (Å²) in [5.74, 6) is 0.777. The second-order valence-corrected chi connectivity index (χ2v) is 5.25. The van der Waals surface area contributed by atoms with Crippen molar-refractivity contribution < 1.29 is 4.79 Å². The number of piperidine rings is 1. The van der Waals surface area contributed by atoms with Gasteiger partial charge in [-0.05, 0) is 50.9 Å². The lowest BCUT2D eigenvalue weighted by molar-refractivity contribution is 0.0763. The normalized spacial score (nSPS) is 16.6.